The number of carbonyl (C=O) groups is 1. The Bertz CT molecular complexity index is 708. The Morgan fingerprint density at radius 1 is 1.42 bits per heavy atom. The maximum Gasteiger partial charge on any atom is 0.415 e. The van der Waals surface area contributed by atoms with Gasteiger partial charge >= 0.3 is 11.8 Å². The fraction of sp³-hybridized carbons (Fsp3) is 0.688. The number of rotatable bonds is 5. The van der Waals surface area contributed by atoms with Crippen LogP contribution in [-0.2, 0) is 9.47 Å². The number of carbonyl (C=O) groups excluding carboxylic acids is 1. The van der Waals surface area contributed by atoms with Gasteiger partial charge in [-0.1, -0.05) is 13.8 Å². The Hall–Kier alpha value is -2.04. The lowest BCUT2D eigenvalue weighted by molar-refractivity contribution is -0.0355. The largest absolute Gasteiger partial charge is 0.446 e. The van der Waals surface area contributed by atoms with Crippen molar-refractivity contribution in [2.75, 3.05) is 11.9 Å². The minimum atomic E-state index is -1.41. The molecule has 4 atom stereocenters. The first kappa shape index (κ1) is 20.3. The Morgan fingerprint density at radius 2 is 2.04 bits per heavy atom. The number of hydrogen-bond donors (Lipinski definition) is 2. The molecule has 1 aliphatic rings. The summed E-state index contributed by atoms with van der Waals surface area (Å²) >= 11 is 0. The molecule has 0 spiro atoms. The van der Waals surface area contributed by atoms with Gasteiger partial charge in [-0.2, -0.15) is 4.98 Å². The van der Waals surface area contributed by atoms with Gasteiger partial charge in [0, 0.05) is 7.05 Å². The van der Waals surface area contributed by atoms with E-state index in [2.05, 4.69) is 4.98 Å². The number of ether oxygens (including phenoxy) is 2. The zero-order chi connectivity index (χ0) is 19.6. The SMILES string of the molecule is CCC(CC)OC(=O)N(C)c1nc(=O)n([C@H]2O[C@@H](C)[C@H](O)[C@@H]2O)cc1F. The lowest BCUT2D eigenvalue weighted by atomic mass is 10.1. The van der Waals surface area contributed by atoms with Gasteiger partial charge in [0.25, 0.3) is 0 Å². The van der Waals surface area contributed by atoms with E-state index in [1.807, 2.05) is 13.8 Å². The molecule has 9 nitrogen and oxygen atoms in total. The fourth-order valence-electron chi connectivity index (χ4n) is 2.68. The van der Waals surface area contributed by atoms with Crippen LogP contribution in [0.25, 0.3) is 0 Å². The molecule has 0 unspecified atom stereocenters. The van der Waals surface area contributed by atoms with Gasteiger partial charge in [-0.05, 0) is 19.8 Å². The van der Waals surface area contributed by atoms with Gasteiger partial charge in [-0.15, -0.1) is 0 Å². The van der Waals surface area contributed by atoms with Crippen LogP contribution in [-0.4, -0.2) is 57.3 Å². The standard InChI is InChI=1S/C16H24FN3O6/c1-5-9(6-2)26-16(24)19(4)13-10(17)7-20(15(23)18-13)14-12(22)11(21)8(3)25-14/h7-9,11-12,14,21-22H,5-6H2,1-4H3/t8-,11-,12-,14-/m0/s1. The van der Waals surface area contributed by atoms with E-state index in [1.54, 1.807) is 0 Å². The second-order valence-corrected chi connectivity index (χ2v) is 6.20. The minimum absolute atomic E-state index is 0.321. The number of anilines is 1. The number of hydrogen-bond acceptors (Lipinski definition) is 7. The highest BCUT2D eigenvalue weighted by Crippen LogP contribution is 2.28. The smallest absolute Gasteiger partial charge is 0.415 e. The minimum Gasteiger partial charge on any atom is -0.446 e. The molecule has 26 heavy (non-hydrogen) atoms. The molecule has 2 heterocycles. The van der Waals surface area contributed by atoms with Crippen LogP contribution in [0.15, 0.2) is 11.0 Å². The molecule has 1 amide bonds. The quantitative estimate of drug-likeness (QED) is 0.784. The van der Waals surface area contributed by atoms with Crippen molar-refractivity contribution in [2.45, 2.75) is 64.3 Å². The summed E-state index contributed by atoms with van der Waals surface area (Å²) in [6, 6.07) is 0. The van der Waals surface area contributed by atoms with Gasteiger partial charge in [0.05, 0.1) is 12.3 Å². The van der Waals surface area contributed by atoms with E-state index < -0.39 is 48.0 Å². The van der Waals surface area contributed by atoms with Crippen molar-refractivity contribution in [2.24, 2.45) is 0 Å². The first-order valence-electron chi connectivity index (χ1n) is 8.45. The van der Waals surface area contributed by atoms with Crippen molar-refractivity contribution in [3.8, 4) is 0 Å². The molecule has 1 aromatic rings. The third kappa shape index (κ3) is 3.87. The number of aromatic nitrogens is 2. The summed E-state index contributed by atoms with van der Waals surface area (Å²) < 4.78 is 25.7. The van der Waals surface area contributed by atoms with E-state index in [1.165, 1.54) is 14.0 Å². The molecule has 1 fully saturated rings. The van der Waals surface area contributed by atoms with Gasteiger partial charge in [-0.25, -0.2) is 14.0 Å². The Balaban J connectivity index is 2.27. The van der Waals surface area contributed by atoms with Crippen molar-refractivity contribution in [3.05, 3.63) is 22.5 Å². The molecule has 1 saturated heterocycles. The van der Waals surface area contributed by atoms with E-state index >= 15 is 0 Å². The highest BCUT2D eigenvalue weighted by atomic mass is 19.1. The first-order chi connectivity index (χ1) is 12.2. The molecule has 0 saturated carbocycles. The van der Waals surface area contributed by atoms with Gasteiger partial charge in [-0.3, -0.25) is 9.47 Å². The summed E-state index contributed by atoms with van der Waals surface area (Å²) in [6.07, 6.45) is -3.80. The molecule has 0 radical (unpaired) electrons. The lowest BCUT2D eigenvalue weighted by Gasteiger charge is -2.22. The van der Waals surface area contributed by atoms with Crippen LogP contribution in [0.3, 0.4) is 0 Å². The van der Waals surface area contributed by atoms with Gasteiger partial charge in [0.1, 0.15) is 18.3 Å². The molecular formula is C16H24FN3O6. The maximum absolute atomic E-state index is 14.4. The molecule has 1 aromatic heterocycles. The van der Waals surface area contributed by atoms with Gasteiger partial charge in [0.15, 0.2) is 17.9 Å². The molecule has 1 aliphatic heterocycles. The Kier molecular flexibility index (Phi) is 6.32. The summed E-state index contributed by atoms with van der Waals surface area (Å²) in [6.45, 7) is 5.21. The van der Waals surface area contributed by atoms with Crippen molar-refractivity contribution in [1.82, 2.24) is 9.55 Å². The summed E-state index contributed by atoms with van der Waals surface area (Å²) in [5.74, 6) is -1.47. The normalized spacial score (nSPS) is 25.5. The van der Waals surface area contributed by atoms with Crippen LogP contribution in [0.1, 0.15) is 39.8 Å². The van der Waals surface area contributed by atoms with Crippen LogP contribution in [0, 0.1) is 5.82 Å². The summed E-state index contributed by atoms with van der Waals surface area (Å²) in [7, 11) is 1.24. The van der Waals surface area contributed by atoms with Gasteiger partial charge < -0.3 is 19.7 Å². The predicted octanol–water partition coefficient (Wildman–Crippen LogP) is 0.783. The van der Waals surface area contributed by atoms with Crippen LogP contribution < -0.4 is 10.6 Å². The second-order valence-electron chi connectivity index (χ2n) is 6.20. The molecule has 0 aliphatic carbocycles. The number of amides is 1. The van der Waals surface area contributed by atoms with E-state index in [4.69, 9.17) is 9.47 Å². The van der Waals surface area contributed by atoms with Crippen LogP contribution in [0.2, 0.25) is 0 Å². The first-order valence-corrected chi connectivity index (χ1v) is 8.45. The van der Waals surface area contributed by atoms with Crippen LogP contribution in [0.4, 0.5) is 15.0 Å². The maximum atomic E-state index is 14.4. The highest BCUT2D eigenvalue weighted by Gasteiger charge is 2.42. The van der Waals surface area contributed by atoms with E-state index in [0.717, 1.165) is 15.7 Å². The van der Waals surface area contributed by atoms with Crippen molar-refractivity contribution >= 4 is 11.9 Å². The number of aliphatic hydroxyl groups is 2. The van der Waals surface area contributed by atoms with E-state index in [0.29, 0.717) is 12.8 Å². The molecule has 2 rings (SSSR count). The van der Waals surface area contributed by atoms with Crippen LogP contribution >= 0.6 is 0 Å². The van der Waals surface area contributed by atoms with Crippen molar-refractivity contribution < 1.29 is 28.9 Å². The third-order valence-electron chi connectivity index (χ3n) is 4.41. The summed E-state index contributed by atoms with van der Waals surface area (Å²) in [5.41, 5.74) is -0.936. The monoisotopic (exact) mass is 373 g/mol. The average molecular weight is 373 g/mol. The van der Waals surface area contributed by atoms with E-state index in [-0.39, 0.29) is 6.10 Å². The number of nitrogens with zero attached hydrogens (tertiary/aromatic N) is 3. The van der Waals surface area contributed by atoms with Crippen LogP contribution in [0.5, 0.6) is 0 Å². The zero-order valence-corrected chi connectivity index (χ0v) is 15.1. The lowest BCUT2D eigenvalue weighted by Crippen LogP contribution is -2.38. The second kappa shape index (κ2) is 8.11. The highest BCUT2D eigenvalue weighted by molar-refractivity contribution is 5.85. The summed E-state index contributed by atoms with van der Waals surface area (Å²) in [4.78, 5) is 28.7. The molecule has 10 heteroatoms. The fourth-order valence-corrected chi connectivity index (χ4v) is 2.68. The van der Waals surface area contributed by atoms with Crippen molar-refractivity contribution in [1.29, 1.82) is 0 Å². The van der Waals surface area contributed by atoms with Crippen molar-refractivity contribution in [3.63, 3.8) is 0 Å². The average Bonchev–Trinajstić information content (AvgIpc) is 2.87. The molecule has 0 bridgehead atoms. The molecule has 2 N–H and O–H groups in total. The number of halogens is 1. The topological polar surface area (TPSA) is 114 Å². The third-order valence-corrected chi connectivity index (χ3v) is 4.41. The summed E-state index contributed by atoms with van der Waals surface area (Å²) in [5, 5.41) is 19.7. The zero-order valence-electron chi connectivity index (χ0n) is 15.1. The molecular weight excluding hydrogens is 349 g/mol. The Labute approximate surface area is 150 Å². The van der Waals surface area contributed by atoms with Gasteiger partial charge in [0.2, 0.25) is 0 Å². The Morgan fingerprint density at radius 3 is 2.54 bits per heavy atom. The van der Waals surface area contributed by atoms with E-state index in [9.17, 15) is 24.2 Å². The molecule has 146 valence electrons. The number of aliphatic hydroxyl groups excluding tert-OH is 2. The molecule has 0 aromatic carbocycles. The predicted molar refractivity (Wildman–Crippen MR) is 89.3 cm³/mol.